The molecule has 0 amide bonds. The second kappa shape index (κ2) is 9.30. The molecule has 2 heterocycles. The molecule has 174 valence electrons. The van der Waals surface area contributed by atoms with Gasteiger partial charge in [0.15, 0.2) is 5.78 Å². The van der Waals surface area contributed by atoms with Gasteiger partial charge in [-0.05, 0) is 63.4 Å². The van der Waals surface area contributed by atoms with Gasteiger partial charge >= 0.3 is 5.97 Å². The van der Waals surface area contributed by atoms with Gasteiger partial charge in [-0.25, -0.2) is 0 Å². The summed E-state index contributed by atoms with van der Waals surface area (Å²) in [5.41, 5.74) is 3.78. The van der Waals surface area contributed by atoms with E-state index in [0.717, 1.165) is 48.2 Å². The fourth-order valence-corrected chi connectivity index (χ4v) is 4.95. The molecule has 1 aliphatic rings. The van der Waals surface area contributed by atoms with Gasteiger partial charge in [-0.15, -0.1) is 0 Å². The quantitative estimate of drug-likeness (QED) is 0.405. The minimum absolute atomic E-state index is 0.0256. The van der Waals surface area contributed by atoms with Crippen molar-refractivity contribution in [3.05, 3.63) is 63.9 Å². The summed E-state index contributed by atoms with van der Waals surface area (Å²) in [6.45, 7) is 5.87. The lowest BCUT2D eigenvalue weighted by Crippen LogP contribution is -2.29. The maximum Gasteiger partial charge on any atom is 0.309 e. The molecule has 0 atom stereocenters. The van der Waals surface area contributed by atoms with Crippen molar-refractivity contribution in [1.29, 1.82) is 0 Å². The summed E-state index contributed by atoms with van der Waals surface area (Å²) in [5.74, 6) is -0.794. The first-order chi connectivity index (χ1) is 15.7. The molecule has 0 aliphatic heterocycles. The van der Waals surface area contributed by atoms with Crippen molar-refractivity contribution in [1.82, 2.24) is 9.55 Å². The highest BCUT2D eigenvalue weighted by Gasteiger charge is 2.35. The zero-order chi connectivity index (χ0) is 23.8. The molecular weight excluding hydrogens is 436 g/mol. The van der Waals surface area contributed by atoms with Crippen LogP contribution in [0.1, 0.15) is 73.3 Å². The number of hydrogen-bond donors (Lipinski definition) is 1. The SMILES string of the molecule is Cc1ccc2c(n1)c(C(=O)C1CCCCC1)c(CC(C)(C)C(=O)O)n2Cc1ccc(Cl)cc1. The van der Waals surface area contributed by atoms with Crippen LogP contribution in [-0.4, -0.2) is 26.4 Å². The monoisotopic (exact) mass is 466 g/mol. The van der Waals surface area contributed by atoms with Crippen molar-refractivity contribution in [2.75, 3.05) is 0 Å². The number of benzene rings is 1. The average Bonchev–Trinajstić information content (AvgIpc) is 3.06. The van der Waals surface area contributed by atoms with Crippen molar-refractivity contribution in [3.8, 4) is 0 Å². The summed E-state index contributed by atoms with van der Waals surface area (Å²) in [6.07, 6.45) is 5.30. The standard InChI is InChI=1S/C27H31ClN2O3/c1-17-9-14-21-24(29-17)23(25(31)19-7-5-4-6-8-19)22(15-27(2,3)26(32)33)30(21)16-18-10-12-20(28)13-11-18/h9-14,19H,4-8,15-16H2,1-3H3,(H,32,33). The highest BCUT2D eigenvalue weighted by Crippen LogP contribution is 2.36. The Balaban J connectivity index is 1.93. The molecule has 6 heteroatoms. The number of aryl methyl sites for hydroxylation is 1. The van der Waals surface area contributed by atoms with Crippen LogP contribution in [0.15, 0.2) is 36.4 Å². The zero-order valence-corrected chi connectivity index (χ0v) is 20.3. The number of ketones is 1. The van der Waals surface area contributed by atoms with Crippen LogP contribution < -0.4 is 0 Å². The number of carbonyl (C=O) groups excluding carboxylic acids is 1. The maximum atomic E-state index is 13.9. The minimum Gasteiger partial charge on any atom is -0.481 e. The highest BCUT2D eigenvalue weighted by molar-refractivity contribution is 6.30. The normalized spacial score (nSPS) is 15.2. The van der Waals surface area contributed by atoms with Crippen LogP contribution in [0.5, 0.6) is 0 Å². The molecule has 3 aromatic rings. The Morgan fingerprint density at radius 2 is 1.76 bits per heavy atom. The van der Waals surface area contributed by atoms with Gasteiger partial charge in [-0.3, -0.25) is 14.6 Å². The lowest BCUT2D eigenvalue weighted by Gasteiger charge is -2.24. The van der Waals surface area contributed by atoms with Crippen molar-refractivity contribution in [2.45, 2.75) is 65.8 Å². The first kappa shape index (κ1) is 23.5. The van der Waals surface area contributed by atoms with E-state index in [9.17, 15) is 14.7 Å². The predicted molar refractivity (Wildman–Crippen MR) is 131 cm³/mol. The number of fused-ring (bicyclic) bond motifs is 1. The Hall–Kier alpha value is -2.66. The fourth-order valence-electron chi connectivity index (χ4n) is 4.83. The molecule has 1 N–H and O–H groups in total. The number of halogens is 1. The molecule has 1 fully saturated rings. The van der Waals surface area contributed by atoms with Crippen LogP contribution >= 0.6 is 11.6 Å². The van der Waals surface area contributed by atoms with Gasteiger partial charge in [0, 0.05) is 35.3 Å². The van der Waals surface area contributed by atoms with Crippen LogP contribution in [0.4, 0.5) is 0 Å². The number of aliphatic carboxylic acids is 1. The summed E-state index contributed by atoms with van der Waals surface area (Å²) in [6, 6.07) is 11.6. The minimum atomic E-state index is -1.03. The molecule has 1 aromatic carbocycles. The molecule has 0 bridgehead atoms. The Kier molecular flexibility index (Phi) is 6.62. The van der Waals surface area contributed by atoms with Gasteiger partial charge in [0.2, 0.25) is 0 Å². The summed E-state index contributed by atoms with van der Waals surface area (Å²) < 4.78 is 2.09. The largest absolute Gasteiger partial charge is 0.481 e. The number of hydrogen-bond acceptors (Lipinski definition) is 3. The Morgan fingerprint density at radius 3 is 2.39 bits per heavy atom. The van der Waals surface area contributed by atoms with E-state index in [1.165, 1.54) is 6.42 Å². The predicted octanol–water partition coefficient (Wildman–Crippen LogP) is 6.46. The Labute approximate surface area is 199 Å². The Bertz CT molecular complexity index is 1190. The second-order valence-corrected chi connectivity index (χ2v) is 10.4. The van der Waals surface area contributed by atoms with E-state index >= 15 is 0 Å². The molecular formula is C27H31ClN2O3. The van der Waals surface area contributed by atoms with Gasteiger partial charge in [0.1, 0.15) is 0 Å². The van der Waals surface area contributed by atoms with Crippen LogP contribution in [0.2, 0.25) is 5.02 Å². The van der Waals surface area contributed by atoms with E-state index in [-0.39, 0.29) is 18.1 Å². The summed E-state index contributed by atoms with van der Waals surface area (Å²) in [7, 11) is 0. The van der Waals surface area contributed by atoms with Crippen LogP contribution in [-0.2, 0) is 17.8 Å². The third kappa shape index (κ3) is 4.84. The smallest absolute Gasteiger partial charge is 0.309 e. The van der Waals surface area contributed by atoms with Crippen LogP contribution in [0.3, 0.4) is 0 Å². The molecule has 1 saturated carbocycles. The molecule has 4 rings (SSSR count). The molecule has 33 heavy (non-hydrogen) atoms. The number of carboxylic acid groups (broad SMARTS) is 1. The second-order valence-electron chi connectivity index (χ2n) is 9.92. The number of aromatic nitrogens is 2. The van der Waals surface area contributed by atoms with Crippen molar-refractivity contribution in [3.63, 3.8) is 0 Å². The number of pyridine rings is 1. The van der Waals surface area contributed by atoms with Crippen LogP contribution in [0, 0.1) is 18.3 Å². The summed E-state index contributed by atoms with van der Waals surface area (Å²) in [5, 5.41) is 10.5. The van der Waals surface area contributed by atoms with E-state index in [1.54, 1.807) is 13.8 Å². The van der Waals surface area contributed by atoms with Gasteiger partial charge in [-0.1, -0.05) is 43.0 Å². The molecule has 5 nitrogen and oxygen atoms in total. The molecule has 0 saturated heterocycles. The van der Waals surface area contributed by atoms with E-state index in [4.69, 9.17) is 16.6 Å². The molecule has 0 radical (unpaired) electrons. The molecule has 0 unspecified atom stereocenters. The number of rotatable bonds is 7. The van der Waals surface area contributed by atoms with Gasteiger partial charge in [0.05, 0.1) is 22.0 Å². The van der Waals surface area contributed by atoms with Crippen molar-refractivity contribution in [2.24, 2.45) is 11.3 Å². The number of carboxylic acids is 1. The topological polar surface area (TPSA) is 72.2 Å². The van der Waals surface area contributed by atoms with Gasteiger partial charge in [-0.2, -0.15) is 0 Å². The van der Waals surface area contributed by atoms with E-state index < -0.39 is 11.4 Å². The first-order valence-electron chi connectivity index (χ1n) is 11.7. The fraction of sp³-hybridized carbons (Fsp3) is 0.444. The average molecular weight is 467 g/mol. The third-order valence-electron chi connectivity index (χ3n) is 6.82. The molecule has 1 aliphatic carbocycles. The van der Waals surface area contributed by atoms with Crippen LogP contribution in [0.25, 0.3) is 11.0 Å². The number of carbonyl (C=O) groups is 2. The lowest BCUT2D eigenvalue weighted by molar-refractivity contribution is -0.146. The summed E-state index contributed by atoms with van der Waals surface area (Å²) in [4.78, 5) is 30.7. The summed E-state index contributed by atoms with van der Waals surface area (Å²) >= 11 is 6.09. The third-order valence-corrected chi connectivity index (χ3v) is 7.07. The van der Waals surface area contributed by atoms with Crippen molar-refractivity contribution < 1.29 is 14.7 Å². The van der Waals surface area contributed by atoms with Gasteiger partial charge in [0.25, 0.3) is 0 Å². The van der Waals surface area contributed by atoms with Crippen molar-refractivity contribution >= 4 is 34.4 Å². The number of Topliss-reactive ketones (excluding diaryl/α,β-unsaturated/α-hetero) is 1. The van der Waals surface area contributed by atoms with E-state index in [1.807, 2.05) is 43.3 Å². The number of nitrogens with zero attached hydrogens (tertiary/aromatic N) is 2. The zero-order valence-electron chi connectivity index (χ0n) is 19.5. The van der Waals surface area contributed by atoms with E-state index in [2.05, 4.69) is 4.57 Å². The highest BCUT2D eigenvalue weighted by atomic mass is 35.5. The first-order valence-corrected chi connectivity index (χ1v) is 12.1. The maximum absolute atomic E-state index is 13.9. The lowest BCUT2D eigenvalue weighted by atomic mass is 9.81. The Morgan fingerprint density at radius 1 is 1.09 bits per heavy atom. The van der Waals surface area contributed by atoms with E-state index in [0.29, 0.717) is 22.6 Å². The molecule has 2 aromatic heterocycles. The molecule has 0 spiro atoms. The van der Waals surface area contributed by atoms with Gasteiger partial charge < -0.3 is 9.67 Å².